The number of nitrogens with zero attached hydrogens (tertiary/aromatic N) is 3. The van der Waals surface area contributed by atoms with Crippen LogP contribution in [0.25, 0.3) is 16.2 Å². The zero-order valence-electron chi connectivity index (χ0n) is 14.8. The number of fused-ring (bicyclic) bond motifs is 2. The van der Waals surface area contributed by atoms with Gasteiger partial charge in [-0.1, -0.05) is 12.1 Å². The fraction of sp³-hybridized carbons (Fsp3) is 0.150. The first-order chi connectivity index (χ1) is 13.8. The number of amides is 1. The van der Waals surface area contributed by atoms with Crippen molar-refractivity contribution in [2.75, 3.05) is 13.3 Å². The van der Waals surface area contributed by atoms with Crippen LogP contribution in [0, 0.1) is 0 Å². The maximum Gasteiger partial charge on any atom is 0.256 e. The monoisotopic (exact) mass is 392 g/mol. The Morgan fingerprint density at radius 3 is 3.04 bits per heavy atom. The standard InChI is InChI=1S/C20H16N4O3S/c25-20(22-7-5-13-3-4-16-17(10-13)27-12-26-16)14-11-23-24-15(6-8-21-19(14)24)18-2-1-9-28-18/h1-4,6,8-11H,5,7,12H2,(H,22,25). The molecule has 1 N–H and O–H groups in total. The molecule has 0 radical (unpaired) electrons. The molecule has 140 valence electrons. The van der Waals surface area contributed by atoms with Gasteiger partial charge in [-0.05, 0) is 41.6 Å². The van der Waals surface area contributed by atoms with Crippen molar-refractivity contribution >= 4 is 22.9 Å². The number of thiophene rings is 1. The van der Waals surface area contributed by atoms with Gasteiger partial charge in [0.25, 0.3) is 5.91 Å². The Bertz CT molecular complexity index is 1150. The fourth-order valence-corrected chi connectivity index (χ4v) is 3.91. The maximum absolute atomic E-state index is 12.6. The van der Waals surface area contributed by atoms with Crippen molar-refractivity contribution in [3.8, 4) is 22.1 Å². The van der Waals surface area contributed by atoms with Crippen LogP contribution in [0.2, 0.25) is 0 Å². The van der Waals surface area contributed by atoms with Crippen LogP contribution >= 0.6 is 11.3 Å². The molecule has 0 saturated carbocycles. The molecule has 1 aromatic carbocycles. The lowest BCUT2D eigenvalue weighted by atomic mass is 10.1. The van der Waals surface area contributed by atoms with Crippen LogP contribution in [0.5, 0.6) is 11.5 Å². The number of benzene rings is 1. The number of aromatic nitrogens is 3. The summed E-state index contributed by atoms with van der Waals surface area (Å²) in [5.74, 6) is 1.31. The van der Waals surface area contributed by atoms with Crippen molar-refractivity contribution in [1.82, 2.24) is 19.9 Å². The molecule has 1 aliphatic rings. The minimum atomic E-state index is -0.188. The zero-order valence-corrected chi connectivity index (χ0v) is 15.6. The number of carbonyl (C=O) groups is 1. The largest absolute Gasteiger partial charge is 0.454 e. The number of nitrogens with one attached hydrogen (secondary N) is 1. The molecular formula is C20H16N4O3S. The Morgan fingerprint density at radius 2 is 2.14 bits per heavy atom. The summed E-state index contributed by atoms with van der Waals surface area (Å²) in [7, 11) is 0. The Labute approximate surface area is 164 Å². The normalized spacial score (nSPS) is 12.4. The minimum absolute atomic E-state index is 0.188. The summed E-state index contributed by atoms with van der Waals surface area (Å²) in [4.78, 5) is 18.1. The zero-order chi connectivity index (χ0) is 18.9. The Balaban J connectivity index is 1.30. The van der Waals surface area contributed by atoms with Crippen molar-refractivity contribution in [3.05, 3.63) is 65.3 Å². The van der Waals surface area contributed by atoms with E-state index in [1.54, 1.807) is 28.2 Å². The molecule has 4 heterocycles. The van der Waals surface area contributed by atoms with Gasteiger partial charge in [-0.25, -0.2) is 9.50 Å². The van der Waals surface area contributed by atoms with Gasteiger partial charge in [-0.3, -0.25) is 4.79 Å². The van der Waals surface area contributed by atoms with E-state index < -0.39 is 0 Å². The third kappa shape index (κ3) is 2.97. The van der Waals surface area contributed by atoms with Gasteiger partial charge in [-0.2, -0.15) is 5.10 Å². The topological polar surface area (TPSA) is 77.8 Å². The van der Waals surface area contributed by atoms with Crippen LogP contribution < -0.4 is 14.8 Å². The van der Waals surface area contributed by atoms with Gasteiger partial charge in [0.1, 0.15) is 5.56 Å². The van der Waals surface area contributed by atoms with Gasteiger partial charge in [0.05, 0.1) is 16.8 Å². The molecule has 0 bridgehead atoms. The highest BCUT2D eigenvalue weighted by atomic mass is 32.1. The summed E-state index contributed by atoms with van der Waals surface area (Å²) < 4.78 is 12.4. The Hall–Kier alpha value is -3.39. The smallest absolute Gasteiger partial charge is 0.256 e. The molecule has 0 saturated heterocycles. The third-order valence-corrected chi connectivity index (χ3v) is 5.45. The first-order valence-corrected chi connectivity index (χ1v) is 9.71. The summed E-state index contributed by atoms with van der Waals surface area (Å²) in [6.07, 6.45) is 3.96. The second kappa shape index (κ2) is 6.97. The number of ether oxygens (including phenoxy) is 2. The van der Waals surface area contributed by atoms with E-state index in [2.05, 4.69) is 15.4 Å². The quantitative estimate of drug-likeness (QED) is 0.565. The van der Waals surface area contributed by atoms with Crippen LogP contribution in [0.4, 0.5) is 0 Å². The van der Waals surface area contributed by atoms with Gasteiger partial charge in [0.2, 0.25) is 6.79 Å². The molecule has 1 aliphatic heterocycles. The summed E-state index contributed by atoms with van der Waals surface area (Å²) >= 11 is 1.62. The first kappa shape index (κ1) is 16.8. The molecule has 7 nitrogen and oxygen atoms in total. The van der Waals surface area contributed by atoms with Gasteiger partial charge < -0.3 is 14.8 Å². The second-order valence-electron chi connectivity index (χ2n) is 6.29. The predicted molar refractivity (Wildman–Crippen MR) is 105 cm³/mol. The van der Waals surface area contributed by atoms with E-state index in [0.29, 0.717) is 24.2 Å². The van der Waals surface area contributed by atoms with Crippen molar-refractivity contribution in [2.24, 2.45) is 0 Å². The SMILES string of the molecule is O=C(NCCc1ccc2c(c1)OCO2)c1cnn2c(-c3cccs3)ccnc12. The van der Waals surface area contributed by atoms with Crippen LogP contribution in [0.3, 0.4) is 0 Å². The van der Waals surface area contributed by atoms with Crippen molar-refractivity contribution in [2.45, 2.75) is 6.42 Å². The molecule has 3 aromatic heterocycles. The van der Waals surface area contributed by atoms with Crippen LogP contribution in [0.1, 0.15) is 15.9 Å². The lowest BCUT2D eigenvalue weighted by molar-refractivity contribution is 0.0955. The Morgan fingerprint density at radius 1 is 1.21 bits per heavy atom. The minimum Gasteiger partial charge on any atom is -0.454 e. The van der Waals surface area contributed by atoms with Gasteiger partial charge >= 0.3 is 0 Å². The molecule has 0 atom stereocenters. The molecule has 8 heteroatoms. The summed E-state index contributed by atoms with van der Waals surface area (Å²) in [5.41, 5.74) is 3.00. The number of carbonyl (C=O) groups excluding carboxylic acids is 1. The van der Waals surface area contributed by atoms with Crippen LogP contribution in [-0.2, 0) is 6.42 Å². The van der Waals surface area contributed by atoms with Crippen LogP contribution in [0.15, 0.2) is 54.2 Å². The molecule has 28 heavy (non-hydrogen) atoms. The molecule has 0 spiro atoms. The van der Waals surface area contributed by atoms with Gasteiger partial charge in [0, 0.05) is 12.7 Å². The fourth-order valence-electron chi connectivity index (χ4n) is 3.17. The maximum atomic E-state index is 12.6. The molecule has 0 fully saturated rings. The molecule has 0 unspecified atom stereocenters. The summed E-state index contributed by atoms with van der Waals surface area (Å²) in [5, 5.41) is 9.33. The van der Waals surface area contributed by atoms with Gasteiger partial charge in [0.15, 0.2) is 17.1 Å². The highest BCUT2D eigenvalue weighted by Crippen LogP contribution is 2.32. The van der Waals surface area contributed by atoms with Gasteiger partial charge in [-0.15, -0.1) is 11.3 Å². The van der Waals surface area contributed by atoms with E-state index >= 15 is 0 Å². The highest BCUT2D eigenvalue weighted by molar-refractivity contribution is 7.13. The molecular weight excluding hydrogens is 376 g/mol. The van der Waals surface area contributed by atoms with Crippen molar-refractivity contribution in [3.63, 3.8) is 0 Å². The first-order valence-electron chi connectivity index (χ1n) is 8.83. The number of hydrogen-bond acceptors (Lipinski definition) is 6. The average molecular weight is 392 g/mol. The van der Waals surface area contributed by atoms with E-state index in [-0.39, 0.29) is 12.7 Å². The summed E-state index contributed by atoms with van der Waals surface area (Å²) in [6.45, 7) is 0.755. The van der Waals surface area contributed by atoms with Crippen molar-refractivity contribution < 1.29 is 14.3 Å². The lowest BCUT2D eigenvalue weighted by Gasteiger charge is -2.06. The number of rotatable bonds is 5. The van der Waals surface area contributed by atoms with E-state index in [0.717, 1.165) is 27.6 Å². The second-order valence-corrected chi connectivity index (χ2v) is 7.24. The van der Waals surface area contributed by atoms with Crippen LogP contribution in [-0.4, -0.2) is 33.8 Å². The molecule has 5 rings (SSSR count). The predicted octanol–water partition coefficient (Wildman–Crippen LogP) is 3.16. The van der Waals surface area contributed by atoms with E-state index in [1.807, 2.05) is 41.8 Å². The van der Waals surface area contributed by atoms with E-state index in [4.69, 9.17) is 9.47 Å². The highest BCUT2D eigenvalue weighted by Gasteiger charge is 2.17. The van der Waals surface area contributed by atoms with E-state index in [1.165, 1.54) is 0 Å². The van der Waals surface area contributed by atoms with Crippen molar-refractivity contribution in [1.29, 1.82) is 0 Å². The molecule has 1 amide bonds. The summed E-state index contributed by atoms with van der Waals surface area (Å²) in [6, 6.07) is 11.7. The Kier molecular flexibility index (Phi) is 4.17. The molecule has 0 aliphatic carbocycles. The average Bonchev–Trinajstić information content (AvgIpc) is 3.46. The third-order valence-electron chi connectivity index (χ3n) is 4.56. The number of hydrogen-bond donors (Lipinski definition) is 1. The lowest BCUT2D eigenvalue weighted by Crippen LogP contribution is -2.25. The van der Waals surface area contributed by atoms with E-state index in [9.17, 15) is 4.79 Å². The molecule has 4 aromatic rings.